The van der Waals surface area contributed by atoms with Crippen LogP contribution in [-0.2, 0) is 0 Å². The van der Waals surface area contributed by atoms with Crippen LogP contribution in [0.25, 0.3) is 10.9 Å². The Morgan fingerprint density at radius 1 is 1.25 bits per heavy atom. The summed E-state index contributed by atoms with van der Waals surface area (Å²) in [5, 5.41) is 0.0832. The highest BCUT2D eigenvalue weighted by molar-refractivity contribution is 5.85. The number of aromatic nitrogens is 2. The van der Waals surface area contributed by atoms with Gasteiger partial charge in [0.2, 0.25) is 0 Å². The van der Waals surface area contributed by atoms with Gasteiger partial charge in [-0.1, -0.05) is 6.07 Å². The van der Waals surface area contributed by atoms with Crippen LogP contribution in [0.15, 0.2) is 29.3 Å². The lowest BCUT2D eigenvalue weighted by Crippen LogP contribution is -2.32. The van der Waals surface area contributed by atoms with E-state index < -0.39 is 5.82 Å². The van der Waals surface area contributed by atoms with E-state index in [4.69, 9.17) is 5.73 Å². The fraction of sp³-hybridized carbons (Fsp3) is 0.429. The van der Waals surface area contributed by atoms with Crippen LogP contribution in [0.5, 0.6) is 0 Å². The van der Waals surface area contributed by atoms with Gasteiger partial charge >= 0.3 is 0 Å². The van der Waals surface area contributed by atoms with Crippen LogP contribution in [0.4, 0.5) is 4.39 Å². The lowest BCUT2D eigenvalue weighted by Gasteiger charge is -2.27. The summed E-state index contributed by atoms with van der Waals surface area (Å²) in [5.74, 6) is -0.503. The minimum Gasteiger partial charge on any atom is -0.328 e. The lowest BCUT2D eigenvalue weighted by atomic mass is 9.91. The minimum atomic E-state index is -0.503. The SMILES string of the molecule is Cl.NC1CCC(n2cnc3cccc(F)c3c2=O)CC1. The van der Waals surface area contributed by atoms with E-state index in [0.717, 1.165) is 25.7 Å². The first-order valence-electron chi connectivity index (χ1n) is 6.58. The first-order chi connectivity index (χ1) is 9.16. The highest BCUT2D eigenvalue weighted by Crippen LogP contribution is 2.26. The lowest BCUT2D eigenvalue weighted by molar-refractivity contribution is 0.317. The molecule has 1 aliphatic carbocycles. The monoisotopic (exact) mass is 297 g/mol. The summed E-state index contributed by atoms with van der Waals surface area (Å²) in [5.41, 5.74) is 5.99. The molecule has 1 fully saturated rings. The van der Waals surface area contributed by atoms with Crippen molar-refractivity contribution in [3.05, 3.63) is 40.7 Å². The summed E-state index contributed by atoms with van der Waals surface area (Å²) < 4.78 is 15.3. The van der Waals surface area contributed by atoms with Crippen molar-refractivity contribution in [2.45, 2.75) is 37.8 Å². The molecule has 0 unspecified atom stereocenters. The van der Waals surface area contributed by atoms with E-state index in [2.05, 4.69) is 4.98 Å². The molecule has 2 aromatic rings. The van der Waals surface area contributed by atoms with Gasteiger partial charge in [-0.15, -0.1) is 12.4 Å². The fourth-order valence-electron chi connectivity index (χ4n) is 2.78. The van der Waals surface area contributed by atoms with Gasteiger partial charge in [0.25, 0.3) is 5.56 Å². The molecule has 0 spiro atoms. The molecule has 108 valence electrons. The number of benzene rings is 1. The van der Waals surface area contributed by atoms with Crippen molar-refractivity contribution < 1.29 is 4.39 Å². The molecule has 4 nitrogen and oxygen atoms in total. The van der Waals surface area contributed by atoms with Crippen molar-refractivity contribution in [3.63, 3.8) is 0 Å². The molecule has 0 radical (unpaired) electrons. The highest BCUT2D eigenvalue weighted by Gasteiger charge is 2.22. The van der Waals surface area contributed by atoms with E-state index in [-0.39, 0.29) is 35.4 Å². The van der Waals surface area contributed by atoms with Gasteiger partial charge in [-0.05, 0) is 37.8 Å². The predicted octanol–water partition coefficient (Wildman–Crippen LogP) is 2.40. The molecule has 1 aromatic heterocycles. The molecular weight excluding hydrogens is 281 g/mol. The molecule has 0 aliphatic heterocycles. The Bertz CT molecular complexity index is 665. The maximum Gasteiger partial charge on any atom is 0.264 e. The standard InChI is InChI=1S/C14H16FN3O.ClH/c15-11-2-1-3-12-13(11)14(19)18(8-17-12)10-6-4-9(16)5-7-10;/h1-3,8-10H,4-7,16H2;1H. The van der Waals surface area contributed by atoms with E-state index in [1.165, 1.54) is 12.4 Å². The third-order valence-corrected chi connectivity index (χ3v) is 3.90. The Balaban J connectivity index is 0.00000147. The molecule has 2 N–H and O–H groups in total. The van der Waals surface area contributed by atoms with E-state index in [9.17, 15) is 9.18 Å². The summed E-state index contributed by atoms with van der Waals surface area (Å²) in [6, 6.07) is 4.82. The number of hydrogen-bond donors (Lipinski definition) is 1. The van der Waals surface area contributed by atoms with Crippen LogP contribution in [-0.4, -0.2) is 15.6 Å². The Kier molecular flexibility index (Phi) is 4.40. The normalized spacial score (nSPS) is 22.5. The summed E-state index contributed by atoms with van der Waals surface area (Å²) >= 11 is 0. The molecule has 0 saturated heterocycles. The molecule has 6 heteroatoms. The van der Waals surface area contributed by atoms with Gasteiger partial charge in [0, 0.05) is 12.1 Å². The van der Waals surface area contributed by atoms with E-state index in [0.29, 0.717) is 5.52 Å². The second-order valence-electron chi connectivity index (χ2n) is 5.16. The Hall–Kier alpha value is -1.46. The second kappa shape index (κ2) is 5.89. The zero-order valence-corrected chi connectivity index (χ0v) is 11.8. The predicted molar refractivity (Wildman–Crippen MR) is 78.7 cm³/mol. The third-order valence-electron chi connectivity index (χ3n) is 3.90. The summed E-state index contributed by atoms with van der Waals surface area (Å²) in [7, 11) is 0. The van der Waals surface area contributed by atoms with Gasteiger partial charge in [0.15, 0.2) is 0 Å². The third kappa shape index (κ3) is 2.55. The summed E-state index contributed by atoms with van der Waals surface area (Å²) in [6.45, 7) is 0. The number of hydrogen-bond acceptors (Lipinski definition) is 3. The van der Waals surface area contributed by atoms with Crippen molar-refractivity contribution in [1.29, 1.82) is 0 Å². The zero-order valence-electron chi connectivity index (χ0n) is 11.0. The molecule has 1 heterocycles. The van der Waals surface area contributed by atoms with Crippen LogP contribution in [0.2, 0.25) is 0 Å². The van der Waals surface area contributed by atoms with Crippen LogP contribution >= 0.6 is 12.4 Å². The topological polar surface area (TPSA) is 60.9 Å². The van der Waals surface area contributed by atoms with E-state index in [1.54, 1.807) is 16.7 Å². The molecule has 0 bridgehead atoms. The van der Waals surface area contributed by atoms with Gasteiger partial charge < -0.3 is 5.73 Å². The Morgan fingerprint density at radius 2 is 1.95 bits per heavy atom. The van der Waals surface area contributed by atoms with E-state index >= 15 is 0 Å². The quantitative estimate of drug-likeness (QED) is 0.879. The van der Waals surface area contributed by atoms with Crippen LogP contribution in [0.3, 0.4) is 0 Å². The molecule has 0 amide bonds. The Labute approximate surface area is 122 Å². The van der Waals surface area contributed by atoms with Crippen LogP contribution in [0, 0.1) is 5.82 Å². The molecule has 1 aromatic carbocycles. The van der Waals surface area contributed by atoms with Gasteiger partial charge in [-0.2, -0.15) is 0 Å². The number of nitrogens with zero attached hydrogens (tertiary/aromatic N) is 2. The molecule has 3 rings (SSSR count). The van der Waals surface area contributed by atoms with Crippen molar-refractivity contribution in [3.8, 4) is 0 Å². The summed E-state index contributed by atoms with van der Waals surface area (Å²) in [4.78, 5) is 16.6. The smallest absolute Gasteiger partial charge is 0.264 e. The maximum absolute atomic E-state index is 13.8. The average molecular weight is 298 g/mol. The van der Waals surface area contributed by atoms with Crippen molar-refractivity contribution in [1.82, 2.24) is 9.55 Å². The van der Waals surface area contributed by atoms with Gasteiger partial charge in [0.1, 0.15) is 11.2 Å². The fourth-order valence-corrected chi connectivity index (χ4v) is 2.78. The first-order valence-corrected chi connectivity index (χ1v) is 6.58. The molecule has 20 heavy (non-hydrogen) atoms. The first kappa shape index (κ1) is 14.9. The van der Waals surface area contributed by atoms with Crippen molar-refractivity contribution >= 4 is 23.3 Å². The second-order valence-corrected chi connectivity index (χ2v) is 5.16. The van der Waals surface area contributed by atoms with Crippen molar-refractivity contribution in [2.75, 3.05) is 0 Å². The number of halogens is 2. The number of fused-ring (bicyclic) bond motifs is 1. The zero-order chi connectivity index (χ0) is 13.4. The average Bonchev–Trinajstić information content (AvgIpc) is 2.40. The van der Waals surface area contributed by atoms with Gasteiger partial charge in [-0.25, -0.2) is 9.37 Å². The van der Waals surface area contributed by atoms with Crippen LogP contribution in [0.1, 0.15) is 31.7 Å². The van der Waals surface area contributed by atoms with Gasteiger partial charge in [-0.3, -0.25) is 9.36 Å². The highest BCUT2D eigenvalue weighted by atomic mass is 35.5. The molecule has 0 atom stereocenters. The van der Waals surface area contributed by atoms with Crippen molar-refractivity contribution in [2.24, 2.45) is 5.73 Å². The summed E-state index contributed by atoms with van der Waals surface area (Å²) in [6.07, 6.45) is 5.02. The molecule has 1 saturated carbocycles. The Morgan fingerprint density at radius 3 is 2.65 bits per heavy atom. The van der Waals surface area contributed by atoms with Crippen LogP contribution < -0.4 is 11.3 Å². The maximum atomic E-state index is 13.8. The number of rotatable bonds is 1. The minimum absolute atomic E-state index is 0. The number of nitrogens with two attached hydrogens (primary N) is 1. The molecular formula is C14H17ClFN3O. The molecule has 1 aliphatic rings. The largest absolute Gasteiger partial charge is 0.328 e. The van der Waals surface area contributed by atoms with E-state index in [1.807, 2.05) is 0 Å². The van der Waals surface area contributed by atoms with Gasteiger partial charge in [0.05, 0.1) is 11.8 Å².